The normalized spacial score (nSPS) is 10.6. The molecule has 0 bridgehead atoms. The van der Waals surface area contributed by atoms with Gasteiger partial charge in [-0.2, -0.15) is 4.98 Å². The summed E-state index contributed by atoms with van der Waals surface area (Å²) in [5, 5.41) is 3.91. The minimum atomic E-state index is 0.534. The molecule has 16 heavy (non-hydrogen) atoms. The van der Waals surface area contributed by atoms with E-state index in [0.29, 0.717) is 31.1 Å². The van der Waals surface area contributed by atoms with E-state index in [4.69, 9.17) is 10.3 Å². The summed E-state index contributed by atoms with van der Waals surface area (Å²) in [6, 6.07) is 8.31. The summed E-state index contributed by atoms with van der Waals surface area (Å²) in [6.45, 7) is 2.60. The molecule has 4 heteroatoms. The number of hydrogen-bond acceptors (Lipinski definition) is 4. The van der Waals surface area contributed by atoms with Crippen molar-refractivity contribution in [3.05, 3.63) is 47.1 Å². The maximum Gasteiger partial charge on any atom is 0.227 e. The molecule has 84 valence electrons. The zero-order chi connectivity index (χ0) is 11.4. The van der Waals surface area contributed by atoms with Crippen molar-refractivity contribution in [2.24, 2.45) is 5.73 Å². The van der Waals surface area contributed by atoms with Crippen LogP contribution in [0.1, 0.15) is 22.8 Å². The average Bonchev–Trinajstić information content (AvgIpc) is 2.70. The molecule has 0 fully saturated rings. The average molecular weight is 217 g/mol. The topological polar surface area (TPSA) is 64.9 Å². The Balaban J connectivity index is 2.05. The second kappa shape index (κ2) is 4.90. The maximum atomic E-state index is 5.41. The van der Waals surface area contributed by atoms with Gasteiger partial charge in [-0.1, -0.05) is 35.0 Å². The predicted octanol–water partition coefficient (Wildman–Crippen LogP) is 1.47. The zero-order valence-electron chi connectivity index (χ0n) is 9.31. The first-order valence-electron chi connectivity index (χ1n) is 5.35. The van der Waals surface area contributed by atoms with Gasteiger partial charge in [0.25, 0.3) is 0 Å². The second-order valence-corrected chi connectivity index (χ2v) is 3.81. The van der Waals surface area contributed by atoms with E-state index in [0.717, 1.165) is 0 Å². The van der Waals surface area contributed by atoms with Crippen molar-refractivity contribution in [2.45, 2.75) is 19.8 Å². The van der Waals surface area contributed by atoms with Crippen LogP contribution in [0, 0.1) is 6.92 Å². The number of aromatic nitrogens is 2. The molecule has 0 unspecified atom stereocenters. The van der Waals surface area contributed by atoms with E-state index in [1.165, 1.54) is 11.1 Å². The summed E-state index contributed by atoms with van der Waals surface area (Å²) in [5.41, 5.74) is 7.85. The van der Waals surface area contributed by atoms with Gasteiger partial charge in [0.2, 0.25) is 5.89 Å². The van der Waals surface area contributed by atoms with Gasteiger partial charge in [0.1, 0.15) is 0 Å². The van der Waals surface area contributed by atoms with E-state index in [1.807, 2.05) is 0 Å². The van der Waals surface area contributed by atoms with E-state index < -0.39 is 0 Å². The van der Waals surface area contributed by atoms with E-state index in [1.54, 1.807) is 0 Å². The fourth-order valence-corrected chi connectivity index (χ4v) is 1.48. The van der Waals surface area contributed by atoms with Gasteiger partial charge in [0.05, 0.1) is 0 Å². The van der Waals surface area contributed by atoms with Crippen LogP contribution in [0.5, 0.6) is 0 Å². The van der Waals surface area contributed by atoms with Crippen molar-refractivity contribution in [1.29, 1.82) is 0 Å². The molecule has 0 saturated carbocycles. The van der Waals surface area contributed by atoms with E-state index in [-0.39, 0.29) is 0 Å². The van der Waals surface area contributed by atoms with Crippen molar-refractivity contribution in [2.75, 3.05) is 6.54 Å². The molecule has 0 aliphatic carbocycles. The van der Waals surface area contributed by atoms with Crippen molar-refractivity contribution >= 4 is 0 Å². The summed E-state index contributed by atoms with van der Waals surface area (Å²) < 4.78 is 5.06. The smallest absolute Gasteiger partial charge is 0.227 e. The molecule has 0 amide bonds. The van der Waals surface area contributed by atoms with Crippen LogP contribution in [-0.2, 0) is 12.8 Å². The van der Waals surface area contributed by atoms with Gasteiger partial charge >= 0.3 is 0 Å². The van der Waals surface area contributed by atoms with Gasteiger partial charge in [-0.25, -0.2) is 0 Å². The fraction of sp³-hybridized carbons (Fsp3) is 0.333. The molecular formula is C12H15N3O. The standard InChI is InChI=1S/C12H15N3O/c1-9-2-4-10(5-3-9)8-11-14-12(6-7-13)16-15-11/h2-5H,6-8,13H2,1H3. The lowest BCUT2D eigenvalue weighted by Crippen LogP contribution is -2.02. The fourth-order valence-electron chi connectivity index (χ4n) is 1.48. The summed E-state index contributed by atoms with van der Waals surface area (Å²) >= 11 is 0. The van der Waals surface area contributed by atoms with Crippen molar-refractivity contribution < 1.29 is 4.52 Å². The molecule has 4 nitrogen and oxygen atoms in total. The molecule has 2 N–H and O–H groups in total. The number of aryl methyl sites for hydroxylation is 1. The van der Waals surface area contributed by atoms with Gasteiger partial charge in [0.15, 0.2) is 5.82 Å². The Morgan fingerprint density at radius 2 is 2.00 bits per heavy atom. The third-order valence-electron chi connectivity index (χ3n) is 2.35. The first kappa shape index (κ1) is 10.8. The molecule has 0 spiro atoms. The van der Waals surface area contributed by atoms with Crippen LogP contribution in [0.25, 0.3) is 0 Å². The first-order chi connectivity index (χ1) is 7.78. The number of rotatable bonds is 4. The molecule has 2 rings (SSSR count). The Morgan fingerprint density at radius 1 is 1.25 bits per heavy atom. The minimum Gasteiger partial charge on any atom is -0.339 e. The number of nitrogens with two attached hydrogens (primary N) is 1. The summed E-state index contributed by atoms with van der Waals surface area (Å²) in [7, 11) is 0. The molecule has 0 saturated heterocycles. The minimum absolute atomic E-state index is 0.534. The van der Waals surface area contributed by atoms with Gasteiger partial charge in [-0.15, -0.1) is 0 Å². The molecule has 1 heterocycles. The SMILES string of the molecule is Cc1ccc(Cc2noc(CCN)n2)cc1. The van der Waals surface area contributed by atoms with E-state index >= 15 is 0 Å². The van der Waals surface area contributed by atoms with Gasteiger partial charge in [0, 0.05) is 19.4 Å². The molecule has 1 aromatic carbocycles. The number of benzene rings is 1. The van der Waals surface area contributed by atoms with Crippen LogP contribution >= 0.6 is 0 Å². The molecule has 1 aromatic heterocycles. The largest absolute Gasteiger partial charge is 0.339 e. The highest BCUT2D eigenvalue weighted by molar-refractivity contribution is 5.23. The van der Waals surface area contributed by atoms with Crippen LogP contribution in [-0.4, -0.2) is 16.7 Å². The Hall–Kier alpha value is -1.68. The monoisotopic (exact) mass is 217 g/mol. The van der Waals surface area contributed by atoms with Gasteiger partial charge in [-0.3, -0.25) is 0 Å². The van der Waals surface area contributed by atoms with E-state index in [9.17, 15) is 0 Å². The van der Waals surface area contributed by atoms with Crippen LogP contribution in [0.2, 0.25) is 0 Å². The maximum absolute atomic E-state index is 5.41. The zero-order valence-corrected chi connectivity index (χ0v) is 9.31. The van der Waals surface area contributed by atoms with Crippen LogP contribution in [0.15, 0.2) is 28.8 Å². The summed E-state index contributed by atoms with van der Waals surface area (Å²) in [5.74, 6) is 1.33. The Kier molecular flexibility index (Phi) is 3.31. The summed E-state index contributed by atoms with van der Waals surface area (Å²) in [6.07, 6.45) is 1.34. The molecular weight excluding hydrogens is 202 g/mol. The van der Waals surface area contributed by atoms with Crippen molar-refractivity contribution in [3.63, 3.8) is 0 Å². The third kappa shape index (κ3) is 2.67. The van der Waals surface area contributed by atoms with Crippen molar-refractivity contribution in [1.82, 2.24) is 10.1 Å². The second-order valence-electron chi connectivity index (χ2n) is 3.81. The summed E-state index contributed by atoms with van der Waals surface area (Å²) in [4.78, 5) is 4.26. The van der Waals surface area contributed by atoms with Crippen LogP contribution in [0.4, 0.5) is 0 Å². The number of nitrogens with zero attached hydrogens (tertiary/aromatic N) is 2. The molecule has 2 aromatic rings. The lowest BCUT2D eigenvalue weighted by atomic mass is 10.1. The highest BCUT2D eigenvalue weighted by Crippen LogP contribution is 2.08. The predicted molar refractivity (Wildman–Crippen MR) is 61.0 cm³/mol. The molecule has 0 aliphatic rings. The lowest BCUT2D eigenvalue weighted by Gasteiger charge is -1.96. The third-order valence-corrected chi connectivity index (χ3v) is 2.35. The van der Waals surface area contributed by atoms with E-state index in [2.05, 4.69) is 41.3 Å². The van der Waals surface area contributed by atoms with Gasteiger partial charge < -0.3 is 10.3 Å². The highest BCUT2D eigenvalue weighted by Gasteiger charge is 2.05. The first-order valence-corrected chi connectivity index (χ1v) is 5.35. The van der Waals surface area contributed by atoms with Crippen molar-refractivity contribution in [3.8, 4) is 0 Å². The Labute approximate surface area is 94.5 Å². The number of hydrogen-bond donors (Lipinski definition) is 1. The van der Waals surface area contributed by atoms with Crippen LogP contribution < -0.4 is 5.73 Å². The van der Waals surface area contributed by atoms with Gasteiger partial charge in [-0.05, 0) is 12.5 Å². The van der Waals surface area contributed by atoms with Crippen LogP contribution in [0.3, 0.4) is 0 Å². The lowest BCUT2D eigenvalue weighted by molar-refractivity contribution is 0.375. The molecule has 0 radical (unpaired) electrons. The Bertz CT molecular complexity index is 448. The molecule has 0 atom stereocenters. The Morgan fingerprint density at radius 3 is 2.69 bits per heavy atom. The highest BCUT2D eigenvalue weighted by atomic mass is 16.5. The quantitative estimate of drug-likeness (QED) is 0.842. The molecule has 0 aliphatic heterocycles.